The maximum Gasteiger partial charge on any atom is 0.306 e. The molecular formula is C15H14F3NO. The molecule has 2 aromatic rings. The zero-order valence-electron chi connectivity index (χ0n) is 10.7. The first-order valence-corrected chi connectivity index (χ1v) is 6.07. The van der Waals surface area contributed by atoms with Crippen LogP contribution >= 0.6 is 0 Å². The molecule has 20 heavy (non-hydrogen) atoms. The Labute approximate surface area is 115 Å². The Hall–Kier alpha value is -2.01. The van der Waals surface area contributed by atoms with E-state index in [1.54, 1.807) is 6.07 Å². The molecule has 0 unspecified atom stereocenters. The average Bonchev–Trinajstić information content (AvgIpc) is 2.45. The third-order valence-corrected chi connectivity index (χ3v) is 2.78. The van der Waals surface area contributed by atoms with Crippen LogP contribution in [0.2, 0.25) is 0 Å². The maximum absolute atomic E-state index is 13.9. The van der Waals surface area contributed by atoms with Crippen LogP contribution in [0.25, 0.3) is 0 Å². The van der Waals surface area contributed by atoms with Crippen LogP contribution < -0.4 is 10.5 Å². The summed E-state index contributed by atoms with van der Waals surface area (Å²) in [5.41, 5.74) is 5.74. The Kier molecular flexibility index (Phi) is 4.29. The molecule has 2 nitrogen and oxygen atoms in total. The summed E-state index contributed by atoms with van der Waals surface area (Å²) >= 11 is 0. The minimum Gasteiger partial charge on any atom is -0.487 e. The number of hydrogen-bond acceptors (Lipinski definition) is 2. The average molecular weight is 281 g/mol. The Morgan fingerprint density at radius 3 is 2.40 bits per heavy atom. The van der Waals surface area contributed by atoms with E-state index in [0.717, 1.165) is 6.07 Å². The van der Waals surface area contributed by atoms with Crippen molar-refractivity contribution in [3.8, 4) is 5.75 Å². The maximum atomic E-state index is 13.9. The first-order valence-electron chi connectivity index (χ1n) is 6.07. The SMILES string of the molecule is NCc1cc(F)cc(OCC(F)(F)c2ccccc2)c1. The number of hydrogen-bond donors (Lipinski definition) is 1. The highest BCUT2D eigenvalue weighted by Gasteiger charge is 2.32. The molecule has 0 aliphatic rings. The molecule has 2 N–H and O–H groups in total. The van der Waals surface area contributed by atoms with E-state index in [-0.39, 0.29) is 17.9 Å². The predicted octanol–water partition coefficient (Wildman–Crippen LogP) is 3.46. The second-order valence-corrected chi connectivity index (χ2v) is 4.36. The lowest BCUT2D eigenvalue weighted by molar-refractivity contribution is -0.0468. The van der Waals surface area contributed by atoms with Crippen molar-refractivity contribution in [2.75, 3.05) is 6.61 Å². The molecule has 0 aromatic heterocycles. The zero-order chi connectivity index (χ0) is 14.6. The number of rotatable bonds is 5. The van der Waals surface area contributed by atoms with Crippen LogP contribution in [0.5, 0.6) is 5.75 Å². The van der Waals surface area contributed by atoms with Gasteiger partial charge in [0.15, 0.2) is 6.61 Å². The third-order valence-electron chi connectivity index (χ3n) is 2.78. The van der Waals surface area contributed by atoms with Crippen LogP contribution in [-0.2, 0) is 12.5 Å². The molecule has 0 atom stereocenters. The van der Waals surface area contributed by atoms with Gasteiger partial charge in [-0.1, -0.05) is 30.3 Å². The molecule has 0 bridgehead atoms. The van der Waals surface area contributed by atoms with E-state index in [9.17, 15) is 13.2 Å². The molecule has 0 radical (unpaired) electrons. The van der Waals surface area contributed by atoms with Crippen molar-refractivity contribution in [2.24, 2.45) is 5.73 Å². The van der Waals surface area contributed by atoms with Gasteiger partial charge in [-0.2, -0.15) is 8.78 Å². The summed E-state index contributed by atoms with van der Waals surface area (Å²) in [4.78, 5) is 0. The van der Waals surface area contributed by atoms with Crippen molar-refractivity contribution < 1.29 is 17.9 Å². The van der Waals surface area contributed by atoms with Gasteiger partial charge in [0.1, 0.15) is 11.6 Å². The van der Waals surface area contributed by atoms with Gasteiger partial charge in [-0.05, 0) is 17.7 Å². The molecule has 2 rings (SSSR count). The van der Waals surface area contributed by atoms with Gasteiger partial charge in [0.25, 0.3) is 0 Å². The van der Waals surface area contributed by atoms with E-state index in [2.05, 4.69) is 0 Å². The minimum absolute atomic E-state index is 0.0426. The van der Waals surface area contributed by atoms with E-state index in [0.29, 0.717) is 5.56 Å². The molecular weight excluding hydrogens is 267 g/mol. The van der Waals surface area contributed by atoms with E-state index < -0.39 is 18.3 Å². The Morgan fingerprint density at radius 2 is 1.75 bits per heavy atom. The summed E-state index contributed by atoms with van der Waals surface area (Å²) in [7, 11) is 0. The molecule has 0 amide bonds. The van der Waals surface area contributed by atoms with Crippen LogP contribution in [0.4, 0.5) is 13.2 Å². The molecule has 0 aliphatic carbocycles. The summed E-state index contributed by atoms with van der Waals surface area (Å²) in [6, 6.07) is 11.1. The van der Waals surface area contributed by atoms with E-state index >= 15 is 0 Å². The molecule has 0 heterocycles. The fraction of sp³-hybridized carbons (Fsp3) is 0.200. The predicted molar refractivity (Wildman–Crippen MR) is 70.1 cm³/mol. The third kappa shape index (κ3) is 3.51. The molecule has 0 aliphatic heterocycles. The van der Waals surface area contributed by atoms with Gasteiger partial charge in [0.05, 0.1) is 0 Å². The number of alkyl halides is 2. The van der Waals surface area contributed by atoms with Crippen molar-refractivity contribution >= 4 is 0 Å². The molecule has 0 saturated heterocycles. The van der Waals surface area contributed by atoms with Crippen molar-refractivity contribution in [3.63, 3.8) is 0 Å². The largest absolute Gasteiger partial charge is 0.487 e. The Bertz CT molecular complexity index is 573. The second-order valence-electron chi connectivity index (χ2n) is 4.36. The van der Waals surface area contributed by atoms with Crippen molar-refractivity contribution in [1.29, 1.82) is 0 Å². The van der Waals surface area contributed by atoms with E-state index in [1.165, 1.54) is 36.4 Å². The van der Waals surface area contributed by atoms with Crippen molar-refractivity contribution in [1.82, 2.24) is 0 Å². The highest BCUT2D eigenvalue weighted by molar-refractivity contribution is 5.30. The topological polar surface area (TPSA) is 35.2 Å². The van der Waals surface area contributed by atoms with E-state index in [1.807, 2.05) is 0 Å². The summed E-state index contributed by atoms with van der Waals surface area (Å²) in [5.74, 6) is -3.66. The van der Waals surface area contributed by atoms with Crippen LogP contribution in [0.15, 0.2) is 48.5 Å². The fourth-order valence-electron chi connectivity index (χ4n) is 1.76. The van der Waals surface area contributed by atoms with Crippen LogP contribution in [0.1, 0.15) is 11.1 Å². The van der Waals surface area contributed by atoms with E-state index in [4.69, 9.17) is 10.5 Å². The lowest BCUT2D eigenvalue weighted by Crippen LogP contribution is -2.23. The van der Waals surface area contributed by atoms with Crippen LogP contribution in [-0.4, -0.2) is 6.61 Å². The van der Waals surface area contributed by atoms with Gasteiger partial charge in [0.2, 0.25) is 0 Å². The lowest BCUT2D eigenvalue weighted by atomic mass is 10.1. The van der Waals surface area contributed by atoms with Crippen molar-refractivity contribution in [2.45, 2.75) is 12.5 Å². The number of ether oxygens (including phenoxy) is 1. The number of halogens is 3. The van der Waals surface area contributed by atoms with Gasteiger partial charge in [-0.3, -0.25) is 0 Å². The molecule has 0 fully saturated rings. The standard InChI is InChI=1S/C15H14F3NO/c16-13-6-11(9-19)7-14(8-13)20-10-15(17,18)12-4-2-1-3-5-12/h1-8H,9-10,19H2. The summed E-state index contributed by atoms with van der Waals surface area (Å²) < 4.78 is 46.0. The Balaban J connectivity index is 2.10. The lowest BCUT2D eigenvalue weighted by Gasteiger charge is -2.17. The van der Waals surface area contributed by atoms with Gasteiger partial charge < -0.3 is 10.5 Å². The molecule has 0 spiro atoms. The molecule has 5 heteroatoms. The molecule has 0 saturated carbocycles. The van der Waals surface area contributed by atoms with Gasteiger partial charge in [0, 0.05) is 18.2 Å². The monoisotopic (exact) mass is 281 g/mol. The quantitative estimate of drug-likeness (QED) is 0.911. The molecule has 106 valence electrons. The fourth-order valence-corrected chi connectivity index (χ4v) is 1.76. The highest BCUT2D eigenvalue weighted by Crippen LogP contribution is 2.29. The van der Waals surface area contributed by atoms with Gasteiger partial charge >= 0.3 is 5.92 Å². The van der Waals surface area contributed by atoms with Gasteiger partial charge in [-0.15, -0.1) is 0 Å². The first-order chi connectivity index (χ1) is 9.51. The second kappa shape index (κ2) is 5.96. The first kappa shape index (κ1) is 14.4. The summed E-state index contributed by atoms with van der Waals surface area (Å²) in [6.45, 7) is -0.742. The summed E-state index contributed by atoms with van der Waals surface area (Å²) in [5, 5.41) is 0. The summed E-state index contributed by atoms with van der Waals surface area (Å²) in [6.07, 6.45) is 0. The minimum atomic E-state index is -3.14. The van der Waals surface area contributed by atoms with Crippen molar-refractivity contribution in [3.05, 3.63) is 65.5 Å². The normalized spacial score (nSPS) is 11.4. The smallest absolute Gasteiger partial charge is 0.306 e. The van der Waals surface area contributed by atoms with Gasteiger partial charge in [-0.25, -0.2) is 4.39 Å². The number of nitrogens with two attached hydrogens (primary N) is 1. The van der Waals surface area contributed by atoms with Crippen LogP contribution in [0.3, 0.4) is 0 Å². The molecule has 2 aromatic carbocycles. The highest BCUT2D eigenvalue weighted by atomic mass is 19.3. The Morgan fingerprint density at radius 1 is 1.05 bits per heavy atom. The van der Waals surface area contributed by atoms with Crippen LogP contribution in [0, 0.1) is 5.82 Å². The number of benzene rings is 2. The zero-order valence-corrected chi connectivity index (χ0v) is 10.7.